The molecule has 5 nitrogen and oxygen atoms in total. The molecule has 1 aromatic rings. The van der Waals surface area contributed by atoms with Gasteiger partial charge >= 0.3 is 5.97 Å². The molecule has 0 radical (unpaired) electrons. The van der Waals surface area contributed by atoms with Gasteiger partial charge in [0, 0.05) is 19.8 Å². The van der Waals surface area contributed by atoms with Crippen LogP contribution in [0.4, 0.5) is 0 Å². The molecule has 0 saturated heterocycles. The van der Waals surface area contributed by atoms with Gasteiger partial charge < -0.3 is 5.11 Å². The summed E-state index contributed by atoms with van der Waals surface area (Å²) in [6, 6.07) is 0. The first-order valence-electron chi connectivity index (χ1n) is 5.26. The summed E-state index contributed by atoms with van der Waals surface area (Å²) in [5.74, 6) is -0.804. The number of aliphatic carboxylic acids is 1. The van der Waals surface area contributed by atoms with Crippen LogP contribution in [0.1, 0.15) is 19.4 Å². The minimum absolute atomic E-state index is 0.699. The molecule has 90 valence electrons. The normalized spacial score (nSPS) is 12.1. The Kier molecular flexibility index (Phi) is 3.70. The summed E-state index contributed by atoms with van der Waals surface area (Å²) < 4.78 is 1.75. The number of rotatable bonds is 5. The van der Waals surface area contributed by atoms with Crippen LogP contribution < -0.4 is 0 Å². The second-order valence-corrected chi connectivity index (χ2v) is 4.56. The largest absolute Gasteiger partial charge is 0.480 e. The van der Waals surface area contributed by atoms with Crippen LogP contribution in [0.5, 0.6) is 0 Å². The minimum Gasteiger partial charge on any atom is -0.480 e. The molecular formula is C11H19N3O2. The SMILES string of the molecule is CN(CCc1cnn(C)c1)C(C)(C)C(=O)O. The first-order chi connectivity index (χ1) is 7.34. The Labute approximate surface area is 95.7 Å². The molecule has 0 aliphatic heterocycles. The maximum Gasteiger partial charge on any atom is 0.323 e. The number of aryl methyl sites for hydroxylation is 1. The van der Waals surface area contributed by atoms with Crippen molar-refractivity contribution in [2.24, 2.45) is 7.05 Å². The van der Waals surface area contributed by atoms with Gasteiger partial charge in [-0.3, -0.25) is 14.4 Å². The van der Waals surface area contributed by atoms with Gasteiger partial charge in [0.1, 0.15) is 5.54 Å². The Morgan fingerprint density at radius 2 is 2.25 bits per heavy atom. The number of nitrogens with zero attached hydrogens (tertiary/aromatic N) is 3. The van der Waals surface area contributed by atoms with Gasteiger partial charge in [-0.2, -0.15) is 5.10 Å². The number of hydrogen-bond donors (Lipinski definition) is 1. The highest BCUT2D eigenvalue weighted by Gasteiger charge is 2.31. The predicted molar refractivity (Wildman–Crippen MR) is 61.3 cm³/mol. The van der Waals surface area contributed by atoms with Crippen molar-refractivity contribution in [3.8, 4) is 0 Å². The van der Waals surface area contributed by atoms with Gasteiger partial charge in [0.25, 0.3) is 0 Å². The number of hydrogen-bond acceptors (Lipinski definition) is 3. The fraction of sp³-hybridized carbons (Fsp3) is 0.636. The third-order valence-electron chi connectivity index (χ3n) is 2.97. The molecule has 1 heterocycles. The quantitative estimate of drug-likeness (QED) is 0.803. The third-order valence-corrected chi connectivity index (χ3v) is 2.97. The molecule has 0 spiro atoms. The molecule has 5 heteroatoms. The highest BCUT2D eigenvalue weighted by molar-refractivity contribution is 5.77. The Bertz CT molecular complexity index is 371. The van der Waals surface area contributed by atoms with Gasteiger partial charge in [-0.15, -0.1) is 0 Å². The van der Waals surface area contributed by atoms with Gasteiger partial charge in [0.15, 0.2) is 0 Å². The highest BCUT2D eigenvalue weighted by Crippen LogP contribution is 2.13. The number of likely N-dealkylation sites (N-methyl/N-ethyl adjacent to an activating group) is 1. The molecule has 16 heavy (non-hydrogen) atoms. The van der Waals surface area contributed by atoms with Crippen LogP contribution in [-0.2, 0) is 18.3 Å². The van der Waals surface area contributed by atoms with Crippen LogP contribution in [0.2, 0.25) is 0 Å². The van der Waals surface area contributed by atoms with Crippen molar-refractivity contribution < 1.29 is 9.90 Å². The lowest BCUT2D eigenvalue weighted by molar-refractivity contribution is -0.148. The summed E-state index contributed by atoms with van der Waals surface area (Å²) in [6.45, 7) is 4.11. The van der Waals surface area contributed by atoms with Gasteiger partial charge in [-0.25, -0.2) is 0 Å². The summed E-state index contributed by atoms with van der Waals surface area (Å²) in [7, 11) is 3.69. The summed E-state index contributed by atoms with van der Waals surface area (Å²) in [5.41, 5.74) is 0.290. The summed E-state index contributed by atoms with van der Waals surface area (Å²) in [4.78, 5) is 12.9. The van der Waals surface area contributed by atoms with E-state index in [1.54, 1.807) is 18.5 Å². The molecule has 1 rings (SSSR count). The molecule has 1 N–H and O–H groups in total. The van der Waals surface area contributed by atoms with Crippen LogP contribution in [0.3, 0.4) is 0 Å². The molecule has 0 fully saturated rings. The van der Waals surface area contributed by atoms with Crippen molar-refractivity contribution in [2.75, 3.05) is 13.6 Å². The Morgan fingerprint density at radius 1 is 1.62 bits per heavy atom. The number of aromatic nitrogens is 2. The zero-order chi connectivity index (χ0) is 12.3. The van der Waals surface area contributed by atoms with E-state index in [2.05, 4.69) is 5.10 Å². The molecule has 1 aromatic heterocycles. The van der Waals surface area contributed by atoms with E-state index in [1.165, 1.54) is 0 Å². The fourth-order valence-electron chi connectivity index (χ4n) is 1.34. The number of carbonyl (C=O) groups is 1. The van der Waals surface area contributed by atoms with Crippen LogP contribution >= 0.6 is 0 Å². The lowest BCUT2D eigenvalue weighted by Gasteiger charge is -2.31. The van der Waals surface area contributed by atoms with E-state index < -0.39 is 11.5 Å². The fourth-order valence-corrected chi connectivity index (χ4v) is 1.34. The number of carboxylic acid groups (broad SMARTS) is 1. The molecule has 0 amide bonds. The molecule has 0 saturated carbocycles. The summed E-state index contributed by atoms with van der Waals surface area (Å²) >= 11 is 0. The van der Waals surface area contributed by atoms with E-state index in [0.717, 1.165) is 12.0 Å². The standard InChI is InChI=1S/C11H19N3O2/c1-11(2,10(15)16)13(3)6-5-9-7-12-14(4)8-9/h7-8H,5-6H2,1-4H3,(H,15,16). The maximum absolute atomic E-state index is 11.0. The van der Waals surface area contributed by atoms with Crippen molar-refractivity contribution in [1.29, 1.82) is 0 Å². The lowest BCUT2D eigenvalue weighted by atomic mass is 10.0. The zero-order valence-electron chi connectivity index (χ0n) is 10.3. The zero-order valence-corrected chi connectivity index (χ0v) is 10.3. The smallest absolute Gasteiger partial charge is 0.323 e. The molecule has 0 atom stereocenters. The van der Waals surface area contributed by atoms with Crippen LogP contribution in [0.25, 0.3) is 0 Å². The second kappa shape index (κ2) is 4.65. The van der Waals surface area contributed by atoms with Crippen LogP contribution in [0, 0.1) is 0 Å². The van der Waals surface area contributed by atoms with E-state index in [9.17, 15) is 4.79 Å². The first kappa shape index (κ1) is 12.7. The first-order valence-corrected chi connectivity index (χ1v) is 5.26. The summed E-state index contributed by atoms with van der Waals surface area (Å²) in [6.07, 6.45) is 4.56. The third kappa shape index (κ3) is 2.82. The Balaban J connectivity index is 2.53. The monoisotopic (exact) mass is 225 g/mol. The lowest BCUT2D eigenvalue weighted by Crippen LogP contribution is -2.48. The molecular weight excluding hydrogens is 206 g/mol. The van der Waals surface area contributed by atoms with Gasteiger partial charge in [-0.1, -0.05) is 0 Å². The second-order valence-electron chi connectivity index (χ2n) is 4.56. The molecule has 0 aliphatic rings. The molecule has 0 aromatic carbocycles. The average molecular weight is 225 g/mol. The predicted octanol–water partition coefficient (Wildman–Crippen LogP) is 0.758. The van der Waals surface area contributed by atoms with Crippen molar-refractivity contribution in [3.63, 3.8) is 0 Å². The van der Waals surface area contributed by atoms with Gasteiger partial charge in [0.2, 0.25) is 0 Å². The van der Waals surface area contributed by atoms with Crippen molar-refractivity contribution in [2.45, 2.75) is 25.8 Å². The summed E-state index contributed by atoms with van der Waals surface area (Å²) in [5, 5.41) is 13.1. The van der Waals surface area contributed by atoms with Gasteiger partial charge in [-0.05, 0) is 32.9 Å². The van der Waals surface area contributed by atoms with E-state index in [1.807, 2.05) is 31.4 Å². The highest BCUT2D eigenvalue weighted by atomic mass is 16.4. The van der Waals surface area contributed by atoms with Gasteiger partial charge in [0.05, 0.1) is 6.20 Å². The van der Waals surface area contributed by atoms with E-state index in [4.69, 9.17) is 5.11 Å². The van der Waals surface area contributed by atoms with Crippen LogP contribution in [-0.4, -0.2) is 44.9 Å². The maximum atomic E-state index is 11.0. The molecule has 0 bridgehead atoms. The molecule has 0 aliphatic carbocycles. The van der Waals surface area contributed by atoms with E-state index >= 15 is 0 Å². The topological polar surface area (TPSA) is 58.4 Å². The minimum atomic E-state index is -0.831. The van der Waals surface area contributed by atoms with Crippen molar-refractivity contribution in [1.82, 2.24) is 14.7 Å². The van der Waals surface area contributed by atoms with Crippen molar-refractivity contribution >= 4 is 5.97 Å². The average Bonchev–Trinajstić information content (AvgIpc) is 2.60. The Morgan fingerprint density at radius 3 is 2.69 bits per heavy atom. The molecule has 0 unspecified atom stereocenters. The van der Waals surface area contributed by atoms with Crippen molar-refractivity contribution in [3.05, 3.63) is 18.0 Å². The van der Waals surface area contributed by atoms with Crippen LogP contribution in [0.15, 0.2) is 12.4 Å². The number of carboxylic acids is 1. The van der Waals surface area contributed by atoms with E-state index in [0.29, 0.717) is 6.54 Å². The Hall–Kier alpha value is -1.36. The van der Waals surface area contributed by atoms with E-state index in [-0.39, 0.29) is 0 Å².